The number of nitrogens with one attached hydrogen (secondary N) is 3. The summed E-state index contributed by atoms with van der Waals surface area (Å²) in [4.78, 5) is 11.5. The lowest BCUT2D eigenvalue weighted by Crippen LogP contribution is -2.34. The van der Waals surface area contributed by atoms with Crippen LogP contribution in [0.1, 0.15) is 19.8 Å². The topological polar surface area (TPSA) is 62.4 Å². The molecule has 1 heterocycles. The number of rotatable bonds is 2. The molecule has 100 valence electrons. The highest BCUT2D eigenvalue weighted by Crippen LogP contribution is 2.32. The number of hydrogen-bond acceptors (Lipinski definition) is 3. The SMILES string of the molecule is C[C@@H]1Oc2ccc(NC(=S)NC3CC3)cc2NC1=O. The highest BCUT2D eigenvalue weighted by molar-refractivity contribution is 7.80. The Hall–Kier alpha value is -1.82. The number of benzene rings is 1. The molecule has 0 aromatic heterocycles. The van der Waals surface area contributed by atoms with E-state index in [4.69, 9.17) is 17.0 Å². The van der Waals surface area contributed by atoms with E-state index in [0.29, 0.717) is 22.6 Å². The zero-order chi connectivity index (χ0) is 13.4. The van der Waals surface area contributed by atoms with Crippen molar-refractivity contribution in [3.63, 3.8) is 0 Å². The number of amides is 1. The molecule has 1 aliphatic carbocycles. The molecule has 1 aliphatic heterocycles. The fourth-order valence-electron chi connectivity index (χ4n) is 1.87. The predicted molar refractivity (Wildman–Crippen MR) is 77.5 cm³/mol. The molecule has 1 saturated carbocycles. The number of carbonyl (C=O) groups is 1. The highest BCUT2D eigenvalue weighted by atomic mass is 32.1. The second kappa shape index (κ2) is 4.70. The summed E-state index contributed by atoms with van der Waals surface area (Å²) >= 11 is 5.21. The lowest BCUT2D eigenvalue weighted by atomic mass is 10.2. The molecule has 0 radical (unpaired) electrons. The van der Waals surface area contributed by atoms with Gasteiger partial charge >= 0.3 is 0 Å². The Morgan fingerprint density at radius 1 is 1.47 bits per heavy atom. The van der Waals surface area contributed by atoms with Gasteiger partial charge in [0.05, 0.1) is 5.69 Å². The Morgan fingerprint density at radius 2 is 2.26 bits per heavy atom. The van der Waals surface area contributed by atoms with E-state index in [2.05, 4.69) is 16.0 Å². The average Bonchev–Trinajstić information content (AvgIpc) is 3.15. The van der Waals surface area contributed by atoms with E-state index in [-0.39, 0.29) is 5.91 Å². The summed E-state index contributed by atoms with van der Waals surface area (Å²) in [5.41, 5.74) is 1.50. The van der Waals surface area contributed by atoms with Crippen molar-refractivity contribution in [3.8, 4) is 5.75 Å². The summed E-state index contributed by atoms with van der Waals surface area (Å²) in [6.07, 6.45) is 1.89. The number of fused-ring (bicyclic) bond motifs is 1. The van der Waals surface area contributed by atoms with E-state index in [9.17, 15) is 4.79 Å². The Balaban J connectivity index is 1.71. The van der Waals surface area contributed by atoms with Gasteiger partial charge in [0, 0.05) is 11.7 Å². The van der Waals surface area contributed by atoms with E-state index in [1.807, 2.05) is 18.2 Å². The van der Waals surface area contributed by atoms with Gasteiger partial charge in [0.2, 0.25) is 0 Å². The molecule has 1 aromatic rings. The molecule has 1 aromatic carbocycles. The van der Waals surface area contributed by atoms with Crippen molar-refractivity contribution in [1.29, 1.82) is 0 Å². The quantitative estimate of drug-likeness (QED) is 0.720. The number of hydrogen-bond donors (Lipinski definition) is 3. The molecule has 19 heavy (non-hydrogen) atoms. The third-order valence-corrected chi connectivity index (χ3v) is 3.30. The van der Waals surface area contributed by atoms with Crippen molar-refractivity contribution in [3.05, 3.63) is 18.2 Å². The molecule has 3 rings (SSSR count). The molecule has 5 nitrogen and oxygen atoms in total. The van der Waals surface area contributed by atoms with Gasteiger partial charge in [-0.1, -0.05) is 0 Å². The molecule has 0 saturated heterocycles. The van der Waals surface area contributed by atoms with Crippen molar-refractivity contribution in [2.24, 2.45) is 0 Å². The van der Waals surface area contributed by atoms with Gasteiger partial charge in [0.25, 0.3) is 5.91 Å². The maximum atomic E-state index is 11.5. The average molecular weight is 277 g/mol. The minimum Gasteiger partial charge on any atom is -0.479 e. The fraction of sp³-hybridized carbons (Fsp3) is 0.385. The van der Waals surface area contributed by atoms with Gasteiger partial charge in [-0.25, -0.2) is 0 Å². The van der Waals surface area contributed by atoms with Crippen molar-refractivity contribution in [1.82, 2.24) is 5.32 Å². The van der Waals surface area contributed by atoms with Crippen LogP contribution in [0.15, 0.2) is 18.2 Å². The maximum Gasteiger partial charge on any atom is 0.265 e. The third kappa shape index (κ3) is 2.78. The van der Waals surface area contributed by atoms with Crippen LogP contribution in [0.2, 0.25) is 0 Å². The molecular weight excluding hydrogens is 262 g/mol. The van der Waals surface area contributed by atoms with Crippen LogP contribution in [-0.4, -0.2) is 23.2 Å². The van der Waals surface area contributed by atoms with Gasteiger partial charge in [-0.15, -0.1) is 0 Å². The second-order valence-electron chi connectivity index (χ2n) is 4.83. The Kier molecular flexibility index (Phi) is 3.02. The molecule has 3 N–H and O–H groups in total. The summed E-state index contributed by atoms with van der Waals surface area (Å²) in [6.45, 7) is 1.72. The Bertz CT molecular complexity index is 543. The van der Waals surface area contributed by atoms with E-state index >= 15 is 0 Å². The van der Waals surface area contributed by atoms with E-state index in [1.165, 1.54) is 12.8 Å². The van der Waals surface area contributed by atoms with Crippen molar-refractivity contribution < 1.29 is 9.53 Å². The van der Waals surface area contributed by atoms with Crippen LogP contribution in [0, 0.1) is 0 Å². The van der Waals surface area contributed by atoms with Crippen LogP contribution in [0.5, 0.6) is 5.75 Å². The van der Waals surface area contributed by atoms with Crippen LogP contribution in [0.3, 0.4) is 0 Å². The summed E-state index contributed by atoms with van der Waals surface area (Å²) in [6, 6.07) is 6.04. The van der Waals surface area contributed by atoms with Gasteiger partial charge < -0.3 is 20.7 Å². The smallest absolute Gasteiger partial charge is 0.265 e. The zero-order valence-electron chi connectivity index (χ0n) is 10.5. The standard InChI is InChI=1S/C13H15N3O2S/c1-7-12(17)16-10-6-9(4-5-11(10)18-7)15-13(19)14-8-2-3-8/h4-8H,2-3H2,1H3,(H,16,17)(H2,14,15,19)/t7-/m0/s1. The molecule has 0 spiro atoms. The normalized spacial score (nSPS) is 20.9. The number of anilines is 2. The summed E-state index contributed by atoms with van der Waals surface area (Å²) < 4.78 is 5.49. The van der Waals surface area contributed by atoms with Crippen LogP contribution >= 0.6 is 12.2 Å². The first kappa shape index (κ1) is 12.2. The highest BCUT2D eigenvalue weighted by Gasteiger charge is 2.24. The first-order valence-corrected chi connectivity index (χ1v) is 6.72. The third-order valence-electron chi connectivity index (χ3n) is 3.08. The van der Waals surface area contributed by atoms with E-state index < -0.39 is 6.10 Å². The minimum atomic E-state index is -0.455. The Morgan fingerprint density at radius 3 is 3.00 bits per heavy atom. The van der Waals surface area contributed by atoms with E-state index in [0.717, 1.165) is 5.69 Å². The zero-order valence-corrected chi connectivity index (χ0v) is 11.3. The molecule has 1 amide bonds. The van der Waals surface area contributed by atoms with Gasteiger partial charge in [0.15, 0.2) is 11.2 Å². The van der Waals surface area contributed by atoms with Gasteiger partial charge in [-0.3, -0.25) is 4.79 Å². The Labute approximate surface area is 116 Å². The number of carbonyl (C=O) groups excluding carboxylic acids is 1. The summed E-state index contributed by atoms with van der Waals surface area (Å²) in [5, 5.41) is 9.72. The lowest BCUT2D eigenvalue weighted by Gasteiger charge is -2.23. The van der Waals surface area contributed by atoms with Crippen LogP contribution in [0.4, 0.5) is 11.4 Å². The number of ether oxygens (including phenoxy) is 1. The summed E-state index contributed by atoms with van der Waals surface area (Å²) in [7, 11) is 0. The van der Waals surface area contributed by atoms with Crippen molar-refractivity contribution >= 4 is 34.6 Å². The maximum absolute atomic E-state index is 11.5. The molecule has 1 atom stereocenters. The van der Waals surface area contributed by atoms with E-state index in [1.54, 1.807) is 6.92 Å². The molecule has 2 aliphatic rings. The molecule has 6 heteroatoms. The van der Waals surface area contributed by atoms with Crippen LogP contribution in [0.25, 0.3) is 0 Å². The second-order valence-corrected chi connectivity index (χ2v) is 5.24. The molecule has 0 bridgehead atoms. The first-order chi connectivity index (χ1) is 9.11. The van der Waals surface area contributed by atoms with Crippen molar-refractivity contribution in [2.75, 3.05) is 10.6 Å². The van der Waals surface area contributed by atoms with Crippen LogP contribution < -0.4 is 20.7 Å². The van der Waals surface area contributed by atoms with Gasteiger partial charge in [-0.2, -0.15) is 0 Å². The predicted octanol–water partition coefficient (Wildman–Crippen LogP) is 1.85. The summed E-state index contributed by atoms with van der Waals surface area (Å²) in [5.74, 6) is 0.544. The lowest BCUT2D eigenvalue weighted by molar-refractivity contribution is -0.122. The molecule has 0 unspecified atom stereocenters. The molecular formula is C13H15N3O2S. The monoisotopic (exact) mass is 277 g/mol. The van der Waals surface area contributed by atoms with Crippen LogP contribution in [-0.2, 0) is 4.79 Å². The first-order valence-electron chi connectivity index (χ1n) is 6.31. The fourth-order valence-corrected chi connectivity index (χ4v) is 2.15. The van der Waals surface area contributed by atoms with Gasteiger partial charge in [0.1, 0.15) is 5.75 Å². The molecule has 1 fully saturated rings. The number of thiocarbonyl (C=S) groups is 1. The van der Waals surface area contributed by atoms with Gasteiger partial charge in [-0.05, 0) is 50.2 Å². The van der Waals surface area contributed by atoms with Crippen molar-refractivity contribution in [2.45, 2.75) is 31.9 Å². The minimum absolute atomic E-state index is 0.136. The largest absolute Gasteiger partial charge is 0.479 e.